The lowest BCUT2D eigenvalue weighted by Crippen LogP contribution is -2.34. The van der Waals surface area contributed by atoms with Crippen molar-refractivity contribution in [3.63, 3.8) is 0 Å². The highest BCUT2D eigenvalue weighted by atomic mass is 19.4. The Morgan fingerprint density at radius 3 is 2.36 bits per heavy atom. The molecule has 2 aliphatic heterocycles. The van der Waals surface area contributed by atoms with Crippen molar-refractivity contribution in [3.05, 3.63) is 59.2 Å². The molecule has 0 aromatic heterocycles. The summed E-state index contributed by atoms with van der Waals surface area (Å²) in [5, 5.41) is 3.65. The van der Waals surface area contributed by atoms with Crippen LogP contribution in [0.4, 0.5) is 13.2 Å². The molecule has 2 fully saturated rings. The lowest BCUT2D eigenvalue weighted by Gasteiger charge is -2.30. The molecule has 178 valence electrons. The van der Waals surface area contributed by atoms with E-state index in [1.54, 1.807) is 0 Å². The summed E-state index contributed by atoms with van der Waals surface area (Å²) in [5.41, 5.74) is 2.91. The van der Waals surface area contributed by atoms with E-state index in [-0.39, 0.29) is 23.8 Å². The summed E-state index contributed by atoms with van der Waals surface area (Å²) in [5.74, 6) is 0.138. The normalized spacial score (nSPS) is 24.0. The van der Waals surface area contributed by atoms with Gasteiger partial charge < -0.3 is 10.1 Å². The van der Waals surface area contributed by atoms with Gasteiger partial charge in [-0.05, 0) is 72.6 Å². The molecular weight excluding hydrogens is 427 g/mol. The number of nitrogens with one attached hydrogen (secondary N) is 1. The van der Waals surface area contributed by atoms with E-state index in [0.717, 1.165) is 48.1 Å². The second kappa shape index (κ2) is 9.59. The third kappa shape index (κ3) is 5.85. The Hall–Kier alpha value is -2.18. The third-order valence-corrected chi connectivity index (χ3v) is 6.64. The van der Waals surface area contributed by atoms with Crippen LogP contribution in [0.25, 0.3) is 11.1 Å². The number of hydrogen-bond acceptors (Lipinski definition) is 3. The molecule has 4 rings (SSSR count). The number of ketones is 1. The molecule has 3 nitrogen and oxygen atoms in total. The van der Waals surface area contributed by atoms with Gasteiger partial charge in [0, 0.05) is 18.0 Å². The molecule has 6 heteroatoms. The first-order valence-corrected chi connectivity index (χ1v) is 11.9. The summed E-state index contributed by atoms with van der Waals surface area (Å²) in [4.78, 5) is 13.1. The number of alkyl halides is 3. The average Bonchev–Trinajstić information content (AvgIpc) is 3.62. The van der Waals surface area contributed by atoms with E-state index >= 15 is 0 Å². The first-order valence-electron chi connectivity index (χ1n) is 11.9. The van der Waals surface area contributed by atoms with Crippen molar-refractivity contribution in [2.45, 2.75) is 76.7 Å². The van der Waals surface area contributed by atoms with Crippen LogP contribution in [0.1, 0.15) is 75.1 Å². The minimum absolute atomic E-state index is 0.101. The van der Waals surface area contributed by atoms with E-state index in [1.165, 1.54) is 12.1 Å². The number of halogens is 3. The van der Waals surface area contributed by atoms with Gasteiger partial charge in [-0.1, -0.05) is 44.5 Å². The van der Waals surface area contributed by atoms with Crippen LogP contribution >= 0.6 is 0 Å². The van der Waals surface area contributed by atoms with Gasteiger partial charge in [0.1, 0.15) is 6.10 Å². The van der Waals surface area contributed by atoms with Gasteiger partial charge in [-0.3, -0.25) is 4.79 Å². The topological polar surface area (TPSA) is 41.6 Å². The van der Waals surface area contributed by atoms with E-state index in [9.17, 15) is 18.0 Å². The van der Waals surface area contributed by atoms with Gasteiger partial charge in [-0.25, -0.2) is 0 Å². The van der Waals surface area contributed by atoms with Gasteiger partial charge in [-0.2, -0.15) is 13.2 Å². The van der Waals surface area contributed by atoms with Gasteiger partial charge in [-0.15, -0.1) is 0 Å². The molecule has 2 heterocycles. The minimum Gasteiger partial charge on any atom is -0.365 e. The molecule has 33 heavy (non-hydrogen) atoms. The minimum atomic E-state index is -4.37. The van der Waals surface area contributed by atoms with Crippen molar-refractivity contribution in [1.29, 1.82) is 0 Å². The number of ether oxygens (including phenoxy) is 1. The van der Waals surface area contributed by atoms with Crippen LogP contribution in [-0.2, 0) is 15.7 Å². The van der Waals surface area contributed by atoms with Gasteiger partial charge in [0.25, 0.3) is 0 Å². The van der Waals surface area contributed by atoms with Gasteiger partial charge in [0.05, 0.1) is 12.2 Å². The Labute approximate surface area is 193 Å². The Morgan fingerprint density at radius 2 is 1.79 bits per heavy atom. The SMILES string of the molecule is CC(C)CC(C(=O)C1CO1)c1cc(-c2ccc(C(F)(F)F)cc2)cc(C2CCCC(C)N2)c1. The van der Waals surface area contributed by atoms with Crippen LogP contribution in [-0.4, -0.2) is 24.5 Å². The van der Waals surface area contributed by atoms with Crippen LogP contribution in [0.3, 0.4) is 0 Å². The molecule has 0 aliphatic carbocycles. The van der Waals surface area contributed by atoms with Crippen LogP contribution in [0, 0.1) is 5.92 Å². The largest absolute Gasteiger partial charge is 0.416 e. The van der Waals surface area contributed by atoms with E-state index < -0.39 is 11.7 Å². The van der Waals surface area contributed by atoms with Crippen molar-refractivity contribution in [2.24, 2.45) is 5.92 Å². The molecule has 0 saturated carbocycles. The number of benzene rings is 2. The van der Waals surface area contributed by atoms with Crippen LogP contribution in [0.5, 0.6) is 0 Å². The molecule has 4 atom stereocenters. The Morgan fingerprint density at radius 1 is 1.09 bits per heavy atom. The molecule has 2 aliphatic rings. The third-order valence-electron chi connectivity index (χ3n) is 6.64. The summed E-state index contributed by atoms with van der Waals surface area (Å²) >= 11 is 0. The van der Waals surface area contributed by atoms with Crippen molar-refractivity contribution in [3.8, 4) is 11.1 Å². The fourth-order valence-corrected chi connectivity index (χ4v) is 4.82. The molecule has 1 N–H and O–H groups in total. The van der Waals surface area contributed by atoms with Gasteiger partial charge in [0.15, 0.2) is 5.78 Å². The first-order chi connectivity index (χ1) is 15.6. The Balaban J connectivity index is 1.76. The number of piperidine rings is 1. The monoisotopic (exact) mass is 459 g/mol. The van der Waals surface area contributed by atoms with Gasteiger partial charge in [0.2, 0.25) is 0 Å². The summed E-state index contributed by atoms with van der Waals surface area (Å²) < 4.78 is 44.5. The number of carbonyl (C=O) groups excluding carboxylic acids is 1. The molecular formula is C27H32F3NO2. The summed E-state index contributed by atoms with van der Waals surface area (Å²) in [6.45, 7) is 6.83. The summed E-state index contributed by atoms with van der Waals surface area (Å²) in [7, 11) is 0. The lowest BCUT2D eigenvalue weighted by molar-refractivity contribution is -0.137. The standard InChI is InChI=1S/C27H32F3NO2/c1-16(2)11-23(26(32)25-15-33-25)20-12-19(18-7-9-22(10-8-18)27(28,29)30)13-21(14-20)24-6-4-5-17(3)31-24/h7-10,12-14,16-17,23-25,31H,4-6,11,15H2,1-3H3. The van der Waals surface area contributed by atoms with Gasteiger partial charge >= 0.3 is 6.18 Å². The van der Waals surface area contributed by atoms with E-state index in [1.807, 2.05) is 6.07 Å². The predicted molar refractivity (Wildman–Crippen MR) is 123 cm³/mol. The maximum absolute atomic E-state index is 13.1. The average molecular weight is 460 g/mol. The van der Waals surface area contributed by atoms with Crippen molar-refractivity contribution < 1.29 is 22.7 Å². The molecule has 2 saturated heterocycles. The number of rotatable bonds is 7. The summed E-state index contributed by atoms with van der Waals surface area (Å²) in [6.07, 6.45) is -0.761. The zero-order chi connectivity index (χ0) is 23.8. The smallest absolute Gasteiger partial charge is 0.365 e. The van der Waals surface area contributed by atoms with E-state index in [4.69, 9.17) is 4.74 Å². The maximum Gasteiger partial charge on any atom is 0.416 e. The van der Waals surface area contributed by atoms with Crippen LogP contribution in [0.15, 0.2) is 42.5 Å². The quantitative estimate of drug-likeness (QED) is 0.470. The van der Waals surface area contributed by atoms with Crippen molar-refractivity contribution in [1.82, 2.24) is 5.32 Å². The Kier molecular flexibility index (Phi) is 6.96. The fraction of sp³-hybridized carbons (Fsp3) is 0.519. The second-order valence-electron chi connectivity index (χ2n) is 9.92. The predicted octanol–water partition coefficient (Wildman–Crippen LogP) is 6.67. The highest BCUT2D eigenvalue weighted by Gasteiger charge is 2.37. The Bertz CT molecular complexity index is 980. The molecule has 0 bridgehead atoms. The zero-order valence-corrected chi connectivity index (χ0v) is 19.4. The summed E-state index contributed by atoms with van der Waals surface area (Å²) in [6, 6.07) is 12.0. The number of hydrogen-bond donors (Lipinski definition) is 1. The number of Topliss-reactive ketones (excluding diaryl/α,β-unsaturated/α-hetero) is 1. The van der Waals surface area contributed by atoms with Crippen LogP contribution in [0.2, 0.25) is 0 Å². The highest BCUT2D eigenvalue weighted by Crippen LogP contribution is 2.37. The molecule has 4 unspecified atom stereocenters. The molecule has 0 radical (unpaired) electrons. The molecule has 2 aromatic rings. The maximum atomic E-state index is 13.1. The van der Waals surface area contributed by atoms with E-state index in [2.05, 4.69) is 38.2 Å². The molecule has 2 aromatic carbocycles. The second-order valence-corrected chi connectivity index (χ2v) is 9.92. The molecule has 0 amide bonds. The number of epoxide rings is 1. The van der Waals surface area contributed by atoms with Crippen molar-refractivity contribution in [2.75, 3.05) is 6.61 Å². The van der Waals surface area contributed by atoms with Crippen molar-refractivity contribution >= 4 is 5.78 Å². The highest BCUT2D eigenvalue weighted by molar-refractivity contribution is 5.91. The van der Waals surface area contributed by atoms with E-state index in [0.29, 0.717) is 30.6 Å². The van der Waals surface area contributed by atoms with Crippen LogP contribution < -0.4 is 5.32 Å². The molecule has 0 spiro atoms. The number of carbonyl (C=O) groups is 1. The lowest BCUT2D eigenvalue weighted by atomic mass is 9.82. The first kappa shape index (κ1) is 24.0. The zero-order valence-electron chi connectivity index (χ0n) is 19.4. The fourth-order valence-electron chi connectivity index (χ4n) is 4.82.